The monoisotopic (exact) mass is 252 g/mol. The van der Waals surface area contributed by atoms with Gasteiger partial charge in [0.25, 0.3) is 0 Å². The Balaban J connectivity index is 2.46. The molecule has 0 unspecified atom stereocenters. The topological polar surface area (TPSA) is 26.3 Å². The van der Waals surface area contributed by atoms with Gasteiger partial charge in [-0.2, -0.15) is 0 Å². The molecule has 4 heteroatoms. The maximum atomic E-state index is 13.5. The SMILES string of the molecule is CC(C)(C)OC(=O)c1ccc(F)c2ccsc12. The first-order valence-electron chi connectivity index (χ1n) is 5.27. The van der Waals surface area contributed by atoms with E-state index in [0.717, 1.165) is 0 Å². The van der Waals surface area contributed by atoms with Crippen molar-refractivity contribution in [2.75, 3.05) is 0 Å². The molecule has 1 aromatic heterocycles. The molecule has 2 aromatic rings. The minimum absolute atomic E-state index is 0.312. The van der Waals surface area contributed by atoms with Crippen molar-refractivity contribution in [1.82, 2.24) is 0 Å². The number of hydrogen-bond acceptors (Lipinski definition) is 3. The molecule has 0 radical (unpaired) electrons. The van der Waals surface area contributed by atoms with Crippen LogP contribution in [0.2, 0.25) is 0 Å². The first-order chi connectivity index (χ1) is 7.88. The largest absolute Gasteiger partial charge is 0.456 e. The van der Waals surface area contributed by atoms with Gasteiger partial charge in [-0.3, -0.25) is 0 Å². The normalized spacial score (nSPS) is 11.8. The zero-order chi connectivity index (χ0) is 12.6. The van der Waals surface area contributed by atoms with Gasteiger partial charge >= 0.3 is 5.97 Å². The lowest BCUT2D eigenvalue weighted by Gasteiger charge is -2.19. The molecule has 2 rings (SSSR count). The van der Waals surface area contributed by atoms with Gasteiger partial charge in [0.1, 0.15) is 11.4 Å². The van der Waals surface area contributed by atoms with E-state index < -0.39 is 11.6 Å². The van der Waals surface area contributed by atoms with Gasteiger partial charge < -0.3 is 4.74 Å². The summed E-state index contributed by atoms with van der Waals surface area (Å²) >= 11 is 1.34. The van der Waals surface area contributed by atoms with Gasteiger partial charge in [0.05, 0.1) is 10.3 Å². The third-order valence-corrected chi connectivity index (χ3v) is 3.13. The van der Waals surface area contributed by atoms with Crippen molar-refractivity contribution in [1.29, 1.82) is 0 Å². The molecule has 17 heavy (non-hydrogen) atoms. The fourth-order valence-corrected chi connectivity index (χ4v) is 2.43. The number of thiophene rings is 1. The zero-order valence-corrected chi connectivity index (χ0v) is 10.7. The van der Waals surface area contributed by atoms with Crippen molar-refractivity contribution in [2.24, 2.45) is 0 Å². The summed E-state index contributed by atoms with van der Waals surface area (Å²) in [6.45, 7) is 5.42. The highest BCUT2D eigenvalue weighted by Crippen LogP contribution is 2.28. The van der Waals surface area contributed by atoms with Crippen molar-refractivity contribution < 1.29 is 13.9 Å². The highest BCUT2D eigenvalue weighted by molar-refractivity contribution is 7.17. The van der Waals surface area contributed by atoms with Crippen LogP contribution in [0.3, 0.4) is 0 Å². The molecule has 0 bridgehead atoms. The summed E-state index contributed by atoms with van der Waals surface area (Å²) in [6, 6.07) is 4.44. The van der Waals surface area contributed by atoms with Crippen LogP contribution in [0.4, 0.5) is 4.39 Å². The predicted molar refractivity (Wildman–Crippen MR) is 67.0 cm³/mol. The first kappa shape index (κ1) is 12.0. The van der Waals surface area contributed by atoms with Crippen molar-refractivity contribution in [3.63, 3.8) is 0 Å². The Kier molecular flexibility index (Phi) is 2.91. The smallest absolute Gasteiger partial charge is 0.340 e. The lowest BCUT2D eigenvalue weighted by Crippen LogP contribution is -2.23. The van der Waals surface area contributed by atoms with Crippen LogP contribution in [0.1, 0.15) is 31.1 Å². The van der Waals surface area contributed by atoms with Gasteiger partial charge in [-0.05, 0) is 44.4 Å². The van der Waals surface area contributed by atoms with Crippen LogP contribution in [0, 0.1) is 5.82 Å². The molecule has 0 spiro atoms. The molecule has 0 saturated heterocycles. The third-order valence-electron chi connectivity index (χ3n) is 2.18. The van der Waals surface area contributed by atoms with E-state index in [1.54, 1.807) is 32.2 Å². The van der Waals surface area contributed by atoms with E-state index in [4.69, 9.17) is 4.74 Å². The van der Waals surface area contributed by atoms with E-state index in [9.17, 15) is 9.18 Å². The summed E-state index contributed by atoms with van der Waals surface area (Å²) in [5.41, 5.74) is -0.124. The summed E-state index contributed by atoms with van der Waals surface area (Å²) in [4.78, 5) is 11.9. The van der Waals surface area contributed by atoms with Crippen LogP contribution < -0.4 is 0 Å². The van der Waals surface area contributed by atoms with Gasteiger partial charge in [-0.15, -0.1) is 11.3 Å². The summed E-state index contributed by atoms with van der Waals surface area (Å²) in [5.74, 6) is -0.724. The molecule has 0 amide bonds. The van der Waals surface area contributed by atoms with E-state index in [2.05, 4.69) is 0 Å². The second-order valence-corrected chi connectivity index (χ2v) is 5.68. The molecule has 1 aromatic carbocycles. The van der Waals surface area contributed by atoms with Gasteiger partial charge in [0.2, 0.25) is 0 Å². The fraction of sp³-hybridized carbons (Fsp3) is 0.308. The molecule has 90 valence electrons. The number of esters is 1. The van der Waals surface area contributed by atoms with Crippen LogP contribution >= 0.6 is 11.3 Å². The van der Waals surface area contributed by atoms with E-state index in [0.29, 0.717) is 15.6 Å². The van der Waals surface area contributed by atoms with Crippen molar-refractivity contribution >= 4 is 27.4 Å². The molecule has 0 fully saturated rings. The van der Waals surface area contributed by atoms with Gasteiger partial charge in [-0.25, -0.2) is 9.18 Å². The number of carbonyl (C=O) groups is 1. The number of hydrogen-bond donors (Lipinski definition) is 0. The average molecular weight is 252 g/mol. The molecule has 0 aliphatic rings. The summed E-state index contributed by atoms with van der Waals surface area (Å²) in [6.07, 6.45) is 0. The standard InChI is InChI=1S/C13H13FO2S/c1-13(2,3)16-12(15)9-4-5-10(14)8-6-7-17-11(8)9/h4-7H,1-3H3. The molecule has 2 nitrogen and oxygen atoms in total. The number of benzene rings is 1. The molecule has 1 heterocycles. The summed E-state index contributed by atoms with van der Waals surface area (Å²) in [7, 11) is 0. The minimum Gasteiger partial charge on any atom is -0.456 e. The summed E-state index contributed by atoms with van der Waals surface area (Å²) < 4.78 is 19.4. The average Bonchev–Trinajstić information content (AvgIpc) is 2.64. The molecular weight excluding hydrogens is 239 g/mol. The first-order valence-corrected chi connectivity index (χ1v) is 6.15. The number of carbonyl (C=O) groups excluding carboxylic acids is 1. The van der Waals surface area contributed by atoms with Crippen LogP contribution in [0.5, 0.6) is 0 Å². The molecule has 0 aliphatic carbocycles. The lowest BCUT2D eigenvalue weighted by atomic mass is 10.1. The molecule has 0 atom stereocenters. The molecular formula is C13H13FO2S. The highest BCUT2D eigenvalue weighted by atomic mass is 32.1. The Morgan fingerprint density at radius 2 is 2.00 bits per heavy atom. The Morgan fingerprint density at radius 1 is 1.29 bits per heavy atom. The molecule has 0 N–H and O–H groups in total. The van der Waals surface area contributed by atoms with Gasteiger partial charge in [0, 0.05) is 5.39 Å². The predicted octanol–water partition coefficient (Wildman–Crippen LogP) is 4.00. The Hall–Kier alpha value is -1.42. The lowest BCUT2D eigenvalue weighted by molar-refractivity contribution is 0.00721. The Labute approximate surface area is 103 Å². The number of ether oxygens (including phenoxy) is 1. The quantitative estimate of drug-likeness (QED) is 0.717. The van der Waals surface area contributed by atoms with Crippen LogP contribution in [0.15, 0.2) is 23.6 Å². The Morgan fingerprint density at radius 3 is 2.65 bits per heavy atom. The number of rotatable bonds is 1. The second kappa shape index (κ2) is 4.11. The Bertz CT molecular complexity index is 566. The van der Waals surface area contributed by atoms with Crippen molar-refractivity contribution in [2.45, 2.75) is 26.4 Å². The third kappa shape index (κ3) is 2.47. The van der Waals surface area contributed by atoms with Crippen LogP contribution in [-0.4, -0.2) is 11.6 Å². The van der Waals surface area contributed by atoms with E-state index in [-0.39, 0.29) is 5.82 Å². The molecule has 0 aliphatic heterocycles. The van der Waals surface area contributed by atoms with Crippen LogP contribution in [0.25, 0.3) is 10.1 Å². The maximum absolute atomic E-state index is 13.5. The number of fused-ring (bicyclic) bond motifs is 1. The zero-order valence-electron chi connectivity index (χ0n) is 9.91. The van der Waals surface area contributed by atoms with E-state index in [1.165, 1.54) is 23.5 Å². The van der Waals surface area contributed by atoms with Crippen LogP contribution in [-0.2, 0) is 4.74 Å². The second-order valence-electron chi connectivity index (χ2n) is 4.76. The molecule has 0 saturated carbocycles. The fourth-order valence-electron chi connectivity index (χ4n) is 1.52. The van der Waals surface area contributed by atoms with Gasteiger partial charge in [-0.1, -0.05) is 0 Å². The minimum atomic E-state index is -0.547. The van der Waals surface area contributed by atoms with E-state index in [1.807, 2.05) is 0 Å². The van der Waals surface area contributed by atoms with Crippen molar-refractivity contribution in [3.8, 4) is 0 Å². The number of halogens is 1. The summed E-state index contributed by atoms with van der Waals surface area (Å²) in [5, 5.41) is 2.24. The highest BCUT2D eigenvalue weighted by Gasteiger charge is 2.20. The van der Waals surface area contributed by atoms with Gasteiger partial charge in [0.15, 0.2) is 0 Å². The van der Waals surface area contributed by atoms with Crippen molar-refractivity contribution in [3.05, 3.63) is 35.0 Å². The van der Waals surface area contributed by atoms with E-state index >= 15 is 0 Å². The maximum Gasteiger partial charge on any atom is 0.340 e.